The van der Waals surface area contributed by atoms with E-state index in [0.717, 1.165) is 0 Å². The number of ether oxygens (including phenoxy) is 1. The highest BCUT2D eigenvalue weighted by Gasteiger charge is 2.33. The van der Waals surface area contributed by atoms with Gasteiger partial charge in [-0.05, 0) is 6.42 Å². The van der Waals surface area contributed by atoms with E-state index in [4.69, 9.17) is 4.74 Å². The summed E-state index contributed by atoms with van der Waals surface area (Å²) in [5.41, 5.74) is 0.769. The van der Waals surface area contributed by atoms with Crippen LogP contribution in [0.15, 0.2) is 48.3 Å². The minimum atomic E-state index is -0.628. The number of allylic oxidation sites excluding steroid dienone is 3. The lowest BCUT2D eigenvalue weighted by Crippen LogP contribution is -2.24. The fourth-order valence-corrected chi connectivity index (χ4v) is 1.99. The molecule has 1 aliphatic rings. The lowest BCUT2D eigenvalue weighted by Gasteiger charge is -2.19. The molecule has 0 fully saturated rings. The number of fused-ring (bicyclic) bond motifs is 1. The van der Waals surface area contributed by atoms with Crippen LogP contribution >= 0.6 is 0 Å². The Hall–Kier alpha value is -2.49. The molecule has 0 aliphatic heterocycles. The topological polar surface area (TPSA) is 60.4 Å². The SMILES string of the molecule is C=CCC1=C(OC(C)=O)C(=O)c2ccccc2C1=O. The number of Topliss-reactive ketones (excluding diaryl/α,β-unsaturated/α-hetero) is 2. The van der Waals surface area contributed by atoms with Gasteiger partial charge in [-0.1, -0.05) is 30.3 Å². The monoisotopic (exact) mass is 256 g/mol. The van der Waals surface area contributed by atoms with Crippen LogP contribution in [-0.4, -0.2) is 17.5 Å². The number of rotatable bonds is 3. The van der Waals surface area contributed by atoms with E-state index in [1.54, 1.807) is 24.3 Å². The second-order valence-electron chi connectivity index (χ2n) is 4.10. The quantitative estimate of drug-likeness (QED) is 0.615. The van der Waals surface area contributed by atoms with Crippen molar-refractivity contribution in [1.82, 2.24) is 0 Å². The molecular weight excluding hydrogens is 244 g/mol. The first-order valence-corrected chi connectivity index (χ1v) is 5.77. The first-order chi connectivity index (χ1) is 9.06. The standard InChI is InChI=1S/C15H12O4/c1-3-6-12-13(17)10-7-4-5-8-11(10)14(18)15(12)19-9(2)16/h3-5,7-8H,1,6H2,2H3. The van der Waals surface area contributed by atoms with Crippen LogP contribution in [-0.2, 0) is 9.53 Å². The number of carbonyl (C=O) groups excluding carboxylic acids is 3. The van der Waals surface area contributed by atoms with Gasteiger partial charge in [-0.15, -0.1) is 6.58 Å². The number of hydrogen-bond donors (Lipinski definition) is 0. The molecule has 4 nitrogen and oxygen atoms in total. The molecule has 0 saturated heterocycles. The van der Waals surface area contributed by atoms with E-state index >= 15 is 0 Å². The Morgan fingerprint density at radius 1 is 1.21 bits per heavy atom. The van der Waals surface area contributed by atoms with Gasteiger partial charge in [0, 0.05) is 18.1 Å². The van der Waals surface area contributed by atoms with Gasteiger partial charge < -0.3 is 4.74 Å². The lowest BCUT2D eigenvalue weighted by atomic mass is 9.87. The molecule has 0 atom stereocenters. The van der Waals surface area contributed by atoms with E-state index in [9.17, 15) is 14.4 Å². The van der Waals surface area contributed by atoms with E-state index in [-0.39, 0.29) is 29.1 Å². The third kappa shape index (κ3) is 2.25. The number of hydrogen-bond acceptors (Lipinski definition) is 4. The van der Waals surface area contributed by atoms with Crippen molar-refractivity contribution in [1.29, 1.82) is 0 Å². The van der Waals surface area contributed by atoms with E-state index in [1.165, 1.54) is 13.0 Å². The Bertz CT molecular complexity index is 623. The summed E-state index contributed by atoms with van der Waals surface area (Å²) in [6.45, 7) is 4.74. The smallest absolute Gasteiger partial charge is 0.308 e. The summed E-state index contributed by atoms with van der Waals surface area (Å²) in [6.07, 6.45) is 1.68. The van der Waals surface area contributed by atoms with Crippen LogP contribution in [0.1, 0.15) is 34.1 Å². The van der Waals surface area contributed by atoms with E-state index in [1.807, 2.05) is 0 Å². The normalized spacial score (nSPS) is 14.2. The maximum Gasteiger partial charge on any atom is 0.308 e. The zero-order valence-electron chi connectivity index (χ0n) is 10.4. The van der Waals surface area contributed by atoms with Crippen LogP contribution in [0, 0.1) is 0 Å². The largest absolute Gasteiger partial charge is 0.422 e. The van der Waals surface area contributed by atoms with Gasteiger partial charge in [0.15, 0.2) is 11.5 Å². The summed E-state index contributed by atoms with van der Waals surface area (Å²) in [4.78, 5) is 35.6. The molecule has 2 rings (SSSR count). The molecule has 0 N–H and O–H groups in total. The molecule has 4 heteroatoms. The van der Waals surface area contributed by atoms with Crippen molar-refractivity contribution >= 4 is 17.5 Å². The van der Waals surface area contributed by atoms with Gasteiger partial charge in [-0.2, -0.15) is 0 Å². The number of carbonyl (C=O) groups is 3. The molecule has 0 heterocycles. The van der Waals surface area contributed by atoms with Crippen LogP contribution in [0.5, 0.6) is 0 Å². The molecule has 0 radical (unpaired) electrons. The molecule has 0 saturated carbocycles. The number of benzene rings is 1. The highest BCUT2D eigenvalue weighted by atomic mass is 16.5. The summed E-state index contributed by atoms with van der Waals surface area (Å²) in [6, 6.07) is 6.48. The van der Waals surface area contributed by atoms with Crippen LogP contribution < -0.4 is 0 Å². The summed E-state index contributed by atoms with van der Waals surface area (Å²) >= 11 is 0. The molecule has 0 amide bonds. The Balaban J connectivity index is 2.61. The van der Waals surface area contributed by atoms with Crippen LogP contribution in [0.4, 0.5) is 0 Å². The summed E-state index contributed by atoms with van der Waals surface area (Å²) in [5, 5.41) is 0. The van der Waals surface area contributed by atoms with Gasteiger partial charge in [-0.25, -0.2) is 0 Å². The van der Waals surface area contributed by atoms with Crippen LogP contribution in [0.2, 0.25) is 0 Å². The molecule has 0 bridgehead atoms. The molecule has 0 spiro atoms. The van der Waals surface area contributed by atoms with Gasteiger partial charge >= 0.3 is 5.97 Å². The highest BCUT2D eigenvalue weighted by Crippen LogP contribution is 2.28. The third-order valence-electron chi connectivity index (χ3n) is 2.76. The van der Waals surface area contributed by atoms with Crippen LogP contribution in [0.25, 0.3) is 0 Å². The summed E-state index contributed by atoms with van der Waals surface area (Å²) in [5.74, 6) is -1.55. The van der Waals surface area contributed by atoms with E-state index in [2.05, 4.69) is 6.58 Å². The zero-order chi connectivity index (χ0) is 14.0. The predicted molar refractivity (Wildman–Crippen MR) is 68.7 cm³/mol. The average Bonchev–Trinajstić information content (AvgIpc) is 2.39. The molecular formula is C15H12O4. The molecule has 1 aromatic rings. The van der Waals surface area contributed by atoms with Crippen molar-refractivity contribution in [3.05, 3.63) is 59.4 Å². The minimum absolute atomic E-state index is 0.175. The summed E-state index contributed by atoms with van der Waals surface area (Å²) < 4.78 is 4.92. The van der Waals surface area contributed by atoms with Crippen molar-refractivity contribution in [3.8, 4) is 0 Å². The predicted octanol–water partition coefficient (Wildman–Crippen LogP) is 2.46. The fourth-order valence-electron chi connectivity index (χ4n) is 1.99. The highest BCUT2D eigenvalue weighted by molar-refractivity contribution is 6.26. The Kier molecular flexibility index (Phi) is 3.42. The minimum Gasteiger partial charge on any atom is -0.422 e. The molecule has 0 unspecified atom stereocenters. The number of esters is 1. The van der Waals surface area contributed by atoms with Crippen molar-refractivity contribution < 1.29 is 19.1 Å². The van der Waals surface area contributed by atoms with Crippen LogP contribution in [0.3, 0.4) is 0 Å². The fraction of sp³-hybridized carbons (Fsp3) is 0.133. The average molecular weight is 256 g/mol. The van der Waals surface area contributed by atoms with Gasteiger partial charge in [0.05, 0.1) is 5.57 Å². The molecule has 19 heavy (non-hydrogen) atoms. The lowest BCUT2D eigenvalue weighted by molar-refractivity contribution is -0.136. The molecule has 0 aromatic heterocycles. The Labute approximate surface area is 110 Å². The maximum absolute atomic E-state index is 12.3. The number of ketones is 2. The van der Waals surface area contributed by atoms with Gasteiger partial charge in [0.1, 0.15) is 0 Å². The van der Waals surface area contributed by atoms with Crippen molar-refractivity contribution in [2.24, 2.45) is 0 Å². The maximum atomic E-state index is 12.3. The summed E-state index contributed by atoms with van der Waals surface area (Å²) in [7, 11) is 0. The van der Waals surface area contributed by atoms with Gasteiger partial charge in [0.25, 0.3) is 0 Å². The van der Waals surface area contributed by atoms with Gasteiger partial charge in [-0.3, -0.25) is 14.4 Å². The first kappa shape index (κ1) is 13.0. The van der Waals surface area contributed by atoms with Gasteiger partial charge in [0.2, 0.25) is 5.78 Å². The van der Waals surface area contributed by atoms with Crippen molar-refractivity contribution in [3.63, 3.8) is 0 Å². The van der Waals surface area contributed by atoms with Crippen molar-refractivity contribution in [2.75, 3.05) is 0 Å². The first-order valence-electron chi connectivity index (χ1n) is 5.77. The molecule has 96 valence electrons. The van der Waals surface area contributed by atoms with E-state index in [0.29, 0.717) is 5.56 Å². The van der Waals surface area contributed by atoms with Crippen molar-refractivity contribution in [2.45, 2.75) is 13.3 Å². The molecule has 1 aromatic carbocycles. The second-order valence-corrected chi connectivity index (χ2v) is 4.10. The third-order valence-corrected chi connectivity index (χ3v) is 2.76. The molecule has 1 aliphatic carbocycles. The Morgan fingerprint density at radius 2 is 1.79 bits per heavy atom. The zero-order valence-corrected chi connectivity index (χ0v) is 10.4. The Morgan fingerprint density at radius 3 is 2.32 bits per heavy atom. The van der Waals surface area contributed by atoms with E-state index < -0.39 is 11.8 Å². The second kappa shape index (κ2) is 5.02.